The molecular formula is C13H18O3. The third kappa shape index (κ3) is 2.74. The van der Waals surface area contributed by atoms with Gasteiger partial charge in [0, 0.05) is 5.56 Å². The second-order valence-corrected chi connectivity index (χ2v) is 4.21. The molecule has 3 heteroatoms. The topological polar surface area (TPSA) is 38.7 Å². The smallest absolute Gasteiger partial charge is 0.124 e. The number of aliphatic hydroxyl groups is 1. The second-order valence-electron chi connectivity index (χ2n) is 4.21. The largest absolute Gasteiger partial charge is 0.496 e. The Kier molecular flexibility index (Phi) is 3.80. The highest BCUT2D eigenvalue weighted by atomic mass is 16.5. The summed E-state index contributed by atoms with van der Waals surface area (Å²) < 4.78 is 11.0. The van der Waals surface area contributed by atoms with Crippen molar-refractivity contribution in [3.05, 3.63) is 29.8 Å². The zero-order valence-electron chi connectivity index (χ0n) is 9.56. The lowest BCUT2D eigenvalue weighted by Gasteiger charge is -2.13. The minimum atomic E-state index is -0.178. The summed E-state index contributed by atoms with van der Waals surface area (Å²) in [5, 5.41) is 9.39. The maximum Gasteiger partial charge on any atom is 0.124 e. The van der Waals surface area contributed by atoms with Gasteiger partial charge in [-0.25, -0.2) is 0 Å². The van der Waals surface area contributed by atoms with Crippen LogP contribution in [0.3, 0.4) is 0 Å². The van der Waals surface area contributed by atoms with Crippen molar-refractivity contribution in [2.24, 2.45) is 0 Å². The lowest BCUT2D eigenvalue weighted by atomic mass is 10.2. The van der Waals surface area contributed by atoms with Crippen molar-refractivity contribution in [1.29, 1.82) is 0 Å². The second kappa shape index (κ2) is 5.32. The number of aliphatic hydroxyl groups excluding tert-OH is 1. The number of rotatable bonds is 4. The molecule has 2 rings (SSSR count). The molecule has 0 amide bonds. The van der Waals surface area contributed by atoms with E-state index in [2.05, 4.69) is 0 Å². The Hall–Kier alpha value is -1.06. The molecule has 2 atom stereocenters. The van der Waals surface area contributed by atoms with E-state index in [0.717, 1.165) is 30.6 Å². The zero-order chi connectivity index (χ0) is 11.4. The van der Waals surface area contributed by atoms with Crippen LogP contribution in [0.15, 0.2) is 24.3 Å². The van der Waals surface area contributed by atoms with Gasteiger partial charge in [-0.05, 0) is 25.3 Å². The summed E-state index contributed by atoms with van der Waals surface area (Å²) >= 11 is 0. The average molecular weight is 222 g/mol. The summed E-state index contributed by atoms with van der Waals surface area (Å²) in [7, 11) is 1.66. The van der Waals surface area contributed by atoms with E-state index in [4.69, 9.17) is 9.47 Å². The van der Waals surface area contributed by atoms with Crippen LogP contribution in [0.1, 0.15) is 24.8 Å². The number of methoxy groups -OCH3 is 1. The SMILES string of the molecule is COc1ccccc1COC1CCC(O)C1. The van der Waals surface area contributed by atoms with Crippen LogP contribution in [0.5, 0.6) is 5.75 Å². The average Bonchev–Trinajstić information content (AvgIpc) is 2.73. The van der Waals surface area contributed by atoms with E-state index in [1.165, 1.54) is 0 Å². The highest BCUT2D eigenvalue weighted by molar-refractivity contribution is 5.32. The highest BCUT2D eigenvalue weighted by Crippen LogP contribution is 2.25. The molecule has 1 aliphatic rings. The van der Waals surface area contributed by atoms with Gasteiger partial charge >= 0.3 is 0 Å². The Balaban J connectivity index is 1.89. The fourth-order valence-corrected chi connectivity index (χ4v) is 2.10. The lowest BCUT2D eigenvalue weighted by molar-refractivity contribution is 0.0348. The van der Waals surface area contributed by atoms with Gasteiger partial charge in [0.05, 0.1) is 25.9 Å². The molecule has 1 N–H and O–H groups in total. The third-order valence-electron chi connectivity index (χ3n) is 3.02. The van der Waals surface area contributed by atoms with Gasteiger partial charge in [0.15, 0.2) is 0 Å². The standard InChI is InChI=1S/C13H18O3/c1-15-13-5-3-2-4-10(13)9-16-12-7-6-11(14)8-12/h2-5,11-12,14H,6-9H2,1H3. The zero-order valence-corrected chi connectivity index (χ0v) is 9.56. The van der Waals surface area contributed by atoms with E-state index in [9.17, 15) is 5.11 Å². The maximum atomic E-state index is 9.39. The first kappa shape index (κ1) is 11.4. The molecule has 1 fully saturated rings. The molecule has 0 heterocycles. The summed E-state index contributed by atoms with van der Waals surface area (Å²) in [5.74, 6) is 0.862. The molecule has 1 saturated carbocycles. The highest BCUT2D eigenvalue weighted by Gasteiger charge is 2.23. The Morgan fingerprint density at radius 2 is 2.12 bits per heavy atom. The molecular weight excluding hydrogens is 204 g/mol. The van der Waals surface area contributed by atoms with E-state index >= 15 is 0 Å². The molecule has 1 aromatic carbocycles. The van der Waals surface area contributed by atoms with Gasteiger partial charge in [-0.15, -0.1) is 0 Å². The van der Waals surface area contributed by atoms with Crippen molar-refractivity contribution in [1.82, 2.24) is 0 Å². The van der Waals surface area contributed by atoms with Crippen molar-refractivity contribution >= 4 is 0 Å². The molecule has 0 aliphatic heterocycles. The number of hydrogen-bond donors (Lipinski definition) is 1. The fraction of sp³-hybridized carbons (Fsp3) is 0.538. The van der Waals surface area contributed by atoms with Gasteiger partial charge in [0.25, 0.3) is 0 Å². The summed E-state index contributed by atoms with van der Waals surface area (Å²) in [4.78, 5) is 0. The van der Waals surface area contributed by atoms with E-state index in [-0.39, 0.29) is 12.2 Å². The van der Waals surface area contributed by atoms with Crippen LogP contribution in [0.25, 0.3) is 0 Å². The van der Waals surface area contributed by atoms with Gasteiger partial charge in [0.1, 0.15) is 5.75 Å². The van der Waals surface area contributed by atoms with Crippen LogP contribution < -0.4 is 4.74 Å². The van der Waals surface area contributed by atoms with Gasteiger partial charge < -0.3 is 14.6 Å². The first-order valence-corrected chi connectivity index (χ1v) is 5.71. The van der Waals surface area contributed by atoms with Crippen molar-refractivity contribution in [3.63, 3.8) is 0 Å². The molecule has 0 aromatic heterocycles. The van der Waals surface area contributed by atoms with Crippen LogP contribution in [0, 0.1) is 0 Å². The van der Waals surface area contributed by atoms with Crippen molar-refractivity contribution in [2.45, 2.75) is 38.1 Å². The third-order valence-corrected chi connectivity index (χ3v) is 3.02. The van der Waals surface area contributed by atoms with Gasteiger partial charge in [-0.1, -0.05) is 18.2 Å². The quantitative estimate of drug-likeness (QED) is 0.848. The van der Waals surface area contributed by atoms with E-state index in [1.54, 1.807) is 7.11 Å². The summed E-state index contributed by atoms with van der Waals surface area (Å²) in [6.07, 6.45) is 2.59. The van der Waals surface area contributed by atoms with Gasteiger partial charge in [0.2, 0.25) is 0 Å². The van der Waals surface area contributed by atoms with E-state index in [1.807, 2.05) is 24.3 Å². The molecule has 0 radical (unpaired) electrons. The van der Waals surface area contributed by atoms with Crippen LogP contribution in [0.2, 0.25) is 0 Å². The number of benzene rings is 1. The minimum Gasteiger partial charge on any atom is -0.496 e. The normalized spacial score (nSPS) is 24.6. The van der Waals surface area contributed by atoms with Crippen LogP contribution in [-0.4, -0.2) is 24.4 Å². The van der Waals surface area contributed by atoms with Gasteiger partial charge in [-0.3, -0.25) is 0 Å². The molecule has 0 saturated heterocycles. The molecule has 2 unspecified atom stereocenters. The molecule has 3 nitrogen and oxygen atoms in total. The Morgan fingerprint density at radius 1 is 1.31 bits per heavy atom. The Morgan fingerprint density at radius 3 is 2.81 bits per heavy atom. The minimum absolute atomic E-state index is 0.178. The molecule has 1 aromatic rings. The summed E-state index contributed by atoms with van der Waals surface area (Å²) in [6.45, 7) is 0.557. The molecule has 88 valence electrons. The van der Waals surface area contributed by atoms with Crippen molar-refractivity contribution in [3.8, 4) is 5.75 Å². The van der Waals surface area contributed by atoms with Gasteiger partial charge in [-0.2, -0.15) is 0 Å². The lowest BCUT2D eigenvalue weighted by Crippen LogP contribution is -2.10. The molecule has 0 spiro atoms. The van der Waals surface area contributed by atoms with Crippen molar-refractivity contribution < 1.29 is 14.6 Å². The first-order valence-electron chi connectivity index (χ1n) is 5.71. The molecule has 1 aliphatic carbocycles. The Labute approximate surface area is 96.0 Å². The van der Waals surface area contributed by atoms with E-state index < -0.39 is 0 Å². The van der Waals surface area contributed by atoms with E-state index in [0.29, 0.717) is 6.61 Å². The maximum absolute atomic E-state index is 9.39. The number of hydrogen-bond acceptors (Lipinski definition) is 3. The van der Waals surface area contributed by atoms with Crippen LogP contribution in [-0.2, 0) is 11.3 Å². The number of para-hydroxylation sites is 1. The van der Waals surface area contributed by atoms with Crippen LogP contribution in [0.4, 0.5) is 0 Å². The predicted octanol–water partition coefficient (Wildman–Crippen LogP) is 2.13. The predicted molar refractivity (Wildman–Crippen MR) is 61.4 cm³/mol. The van der Waals surface area contributed by atoms with Crippen molar-refractivity contribution in [2.75, 3.05) is 7.11 Å². The molecule has 0 bridgehead atoms. The molecule has 16 heavy (non-hydrogen) atoms. The summed E-state index contributed by atoms with van der Waals surface area (Å²) in [5.41, 5.74) is 1.06. The van der Waals surface area contributed by atoms with Crippen LogP contribution >= 0.6 is 0 Å². The number of ether oxygens (including phenoxy) is 2. The first-order chi connectivity index (χ1) is 7.79. The summed E-state index contributed by atoms with van der Waals surface area (Å²) in [6, 6.07) is 7.86. The monoisotopic (exact) mass is 222 g/mol. The fourth-order valence-electron chi connectivity index (χ4n) is 2.10. The Bertz CT molecular complexity index is 338.